The Bertz CT molecular complexity index is 380. The molecule has 18 heavy (non-hydrogen) atoms. The van der Waals surface area contributed by atoms with E-state index in [0.717, 1.165) is 19.5 Å². The lowest BCUT2D eigenvalue weighted by Gasteiger charge is -2.20. The van der Waals surface area contributed by atoms with Crippen LogP contribution in [0.25, 0.3) is 0 Å². The fourth-order valence-electron chi connectivity index (χ4n) is 2.31. The molecular weight excluding hydrogens is 246 g/mol. The van der Waals surface area contributed by atoms with E-state index in [1.54, 1.807) is 11.3 Å². The largest absolute Gasteiger partial charge is 0.338 e. The third kappa shape index (κ3) is 3.23. The van der Waals surface area contributed by atoms with Crippen molar-refractivity contribution in [3.8, 4) is 0 Å². The van der Waals surface area contributed by atoms with Crippen molar-refractivity contribution in [3.05, 3.63) is 22.4 Å². The van der Waals surface area contributed by atoms with Crippen LogP contribution >= 0.6 is 11.3 Å². The molecule has 1 aliphatic rings. The lowest BCUT2D eigenvalue weighted by Crippen LogP contribution is -2.41. The summed E-state index contributed by atoms with van der Waals surface area (Å²) in [5, 5.41) is 10.7. The zero-order chi connectivity index (χ0) is 13.0. The van der Waals surface area contributed by atoms with E-state index < -0.39 is 0 Å². The standard InChI is InChI=1S/C13H21N3OS/c1-3-14-13(17)16-6-4-12(8-16)15-10(2)11-5-7-18-9-11/h5,7,9-10,12,15H,3-4,6,8H2,1-2H3,(H,14,17). The van der Waals surface area contributed by atoms with E-state index >= 15 is 0 Å². The van der Waals surface area contributed by atoms with Crippen molar-refractivity contribution in [2.24, 2.45) is 0 Å². The Balaban J connectivity index is 1.81. The summed E-state index contributed by atoms with van der Waals surface area (Å²) in [7, 11) is 0. The molecule has 1 aliphatic heterocycles. The van der Waals surface area contributed by atoms with Crippen LogP contribution < -0.4 is 10.6 Å². The molecule has 5 heteroatoms. The van der Waals surface area contributed by atoms with E-state index in [4.69, 9.17) is 0 Å². The second kappa shape index (κ2) is 6.20. The minimum absolute atomic E-state index is 0.0602. The van der Waals surface area contributed by atoms with Gasteiger partial charge in [-0.2, -0.15) is 11.3 Å². The molecule has 2 unspecified atom stereocenters. The van der Waals surface area contributed by atoms with Crippen LogP contribution in [0.2, 0.25) is 0 Å². The summed E-state index contributed by atoms with van der Waals surface area (Å²) < 4.78 is 0. The van der Waals surface area contributed by atoms with Crippen LogP contribution in [0.1, 0.15) is 31.9 Å². The highest BCUT2D eigenvalue weighted by Crippen LogP contribution is 2.18. The molecule has 4 nitrogen and oxygen atoms in total. The Labute approximate surface area is 112 Å². The SMILES string of the molecule is CCNC(=O)N1CCC(NC(C)c2ccsc2)C1. The van der Waals surface area contributed by atoms with Crippen molar-refractivity contribution >= 4 is 17.4 Å². The van der Waals surface area contributed by atoms with E-state index in [1.165, 1.54) is 5.56 Å². The van der Waals surface area contributed by atoms with Crippen LogP contribution in [0.5, 0.6) is 0 Å². The van der Waals surface area contributed by atoms with Gasteiger partial charge in [0.1, 0.15) is 0 Å². The van der Waals surface area contributed by atoms with E-state index in [0.29, 0.717) is 18.6 Å². The molecule has 2 atom stereocenters. The molecule has 0 aliphatic carbocycles. The van der Waals surface area contributed by atoms with Gasteiger partial charge in [0.05, 0.1) is 0 Å². The van der Waals surface area contributed by atoms with Crippen molar-refractivity contribution in [2.45, 2.75) is 32.4 Å². The summed E-state index contributed by atoms with van der Waals surface area (Å²) in [4.78, 5) is 13.6. The average Bonchev–Trinajstić information content (AvgIpc) is 2.99. The Morgan fingerprint density at radius 3 is 3.17 bits per heavy atom. The van der Waals surface area contributed by atoms with Crippen LogP contribution in [0.3, 0.4) is 0 Å². The number of hydrogen-bond donors (Lipinski definition) is 2. The van der Waals surface area contributed by atoms with Crippen LogP contribution in [0.15, 0.2) is 16.8 Å². The first-order valence-electron chi connectivity index (χ1n) is 6.51. The predicted octanol–water partition coefficient (Wildman–Crippen LogP) is 2.20. The van der Waals surface area contributed by atoms with Gasteiger partial charge in [-0.15, -0.1) is 0 Å². The summed E-state index contributed by atoms with van der Waals surface area (Å²) in [5.74, 6) is 0. The van der Waals surface area contributed by atoms with E-state index in [1.807, 2.05) is 11.8 Å². The van der Waals surface area contributed by atoms with Crippen molar-refractivity contribution in [2.75, 3.05) is 19.6 Å². The van der Waals surface area contributed by atoms with E-state index in [-0.39, 0.29) is 6.03 Å². The van der Waals surface area contributed by atoms with Crippen LogP contribution in [-0.2, 0) is 0 Å². The molecule has 0 saturated carbocycles. The van der Waals surface area contributed by atoms with Gasteiger partial charge < -0.3 is 15.5 Å². The molecule has 0 bridgehead atoms. The summed E-state index contributed by atoms with van der Waals surface area (Å²) in [6, 6.07) is 2.97. The highest BCUT2D eigenvalue weighted by atomic mass is 32.1. The maximum Gasteiger partial charge on any atom is 0.317 e. The number of thiophene rings is 1. The summed E-state index contributed by atoms with van der Waals surface area (Å²) in [6.45, 7) is 6.47. The molecule has 1 aromatic heterocycles. The molecule has 0 radical (unpaired) electrons. The summed E-state index contributed by atoms with van der Waals surface area (Å²) >= 11 is 1.72. The monoisotopic (exact) mass is 267 g/mol. The van der Waals surface area contributed by atoms with Gasteiger partial charge in [0.2, 0.25) is 0 Å². The fraction of sp³-hybridized carbons (Fsp3) is 0.615. The molecule has 0 aromatic carbocycles. The number of nitrogens with zero attached hydrogens (tertiary/aromatic N) is 1. The van der Waals surface area contributed by atoms with Crippen molar-refractivity contribution < 1.29 is 4.79 Å². The molecule has 2 heterocycles. The molecule has 2 amide bonds. The van der Waals surface area contributed by atoms with E-state index in [2.05, 4.69) is 34.4 Å². The van der Waals surface area contributed by atoms with E-state index in [9.17, 15) is 4.79 Å². The van der Waals surface area contributed by atoms with Crippen LogP contribution in [0.4, 0.5) is 4.79 Å². The van der Waals surface area contributed by atoms with Gasteiger partial charge in [0.15, 0.2) is 0 Å². The highest BCUT2D eigenvalue weighted by Gasteiger charge is 2.26. The number of urea groups is 1. The molecule has 100 valence electrons. The number of nitrogens with one attached hydrogen (secondary N) is 2. The first-order valence-corrected chi connectivity index (χ1v) is 7.46. The summed E-state index contributed by atoms with van der Waals surface area (Å²) in [5.41, 5.74) is 1.33. The van der Waals surface area contributed by atoms with Gasteiger partial charge in [-0.05, 0) is 42.7 Å². The Morgan fingerprint density at radius 2 is 2.50 bits per heavy atom. The Morgan fingerprint density at radius 1 is 1.67 bits per heavy atom. The zero-order valence-corrected chi connectivity index (χ0v) is 11.8. The smallest absolute Gasteiger partial charge is 0.317 e. The lowest BCUT2D eigenvalue weighted by molar-refractivity contribution is 0.208. The second-order valence-electron chi connectivity index (χ2n) is 4.71. The number of hydrogen-bond acceptors (Lipinski definition) is 3. The normalized spacial score (nSPS) is 21.0. The van der Waals surface area contributed by atoms with Crippen molar-refractivity contribution in [3.63, 3.8) is 0 Å². The van der Waals surface area contributed by atoms with Gasteiger partial charge in [-0.1, -0.05) is 0 Å². The quantitative estimate of drug-likeness (QED) is 0.878. The third-order valence-electron chi connectivity index (χ3n) is 3.33. The topological polar surface area (TPSA) is 44.4 Å². The summed E-state index contributed by atoms with van der Waals surface area (Å²) in [6.07, 6.45) is 1.03. The number of likely N-dealkylation sites (tertiary alicyclic amines) is 1. The van der Waals surface area contributed by atoms with Crippen molar-refractivity contribution in [1.29, 1.82) is 0 Å². The fourth-order valence-corrected chi connectivity index (χ4v) is 3.07. The molecule has 1 saturated heterocycles. The first-order chi connectivity index (χ1) is 8.70. The number of carbonyl (C=O) groups is 1. The van der Waals surface area contributed by atoms with Crippen LogP contribution in [-0.4, -0.2) is 36.6 Å². The Kier molecular flexibility index (Phi) is 4.60. The van der Waals surface area contributed by atoms with Crippen LogP contribution in [0, 0.1) is 0 Å². The van der Waals surface area contributed by atoms with Gasteiger partial charge in [-0.25, -0.2) is 4.79 Å². The number of carbonyl (C=O) groups excluding carboxylic acids is 1. The lowest BCUT2D eigenvalue weighted by atomic mass is 10.1. The van der Waals surface area contributed by atoms with Gasteiger partial charge in [0.25, 0.3) is 0 Å². The molecular formula is C13H21N3OS. The Hall–Kier alpha value is -1.07. The third-order valence-corrected chi connectivity index (χ3v) is 4.03. The molecule has 1 aromatic rings. The number of amides is 2. The predicted molar refractivity (Wildman–Crippen MR) is 74.9 cm³/mol. The van der Waals surface area contributed by atoms with Gasteiger partial charge in [-0.3, -0.25) is 0 Å². The van der Waals surface area contributed by atoms with Gasteiger partial charge >= 0.3 is 6.03 Å². The minimum atomic E-state index is 0.0602. The molecule has 2 rings (SSSR count). The first kappa shape index (κ1) is 13.4. The second-order valence-corrected chi connectivity index (χ2v) is 5.49. The maximum atomic E-state index is 11.7. The molecule has 0 spiro atoms. The molecule has 1 fully saturated rings. The number of rotatable bonds is 4. The zero-order valence-electron chi connectivity index (χ0n) is 11.0. The minimum Gasteiger partial charge on any atom is -0.338 e. The molecule has 2 N–H and O–H groups in total. The highest BCUT2D eigenvalue weighted by molar-refractivity contribution is 7.07. The average molecular weight is 267 g/mol. The van der Waals surface area contributed by atoms with Gasteiger partial charge in [0, 0.05) is 31.7 Å². The van der Waals surface area contributed by atoms with Crippen molar-refractivity contribution in [1.82, 2.24) is 15.5 Å². The maximum absolute atomic E-state index is 11.7.